The van der Waals surface area contributed by atoms with Crippen molar-refractivity contribution in [3.8, 4) is 11.4 Å². The third kappa shape index (κ3) is 5.67. The number of sulfonamides is 1. The van der Waals surface area contributed by atoms with Gasteiger partial charge in [0.05, 0.1) is 23.3 Å². The van der Waals surface area contributed by atoms with E-state index in [1.807, 2.05) is 0 Å². The summed E-state index contributed by atoms with van der Waals surface area (Å²) >= 11 is 12.2. The van der Waals surface area contributed by atoms with Gasteiger partial charge in [-0.1, -0.05) is 28.4 Å². The highest BCUT2D eigenvalue weighted by Gasteiger charge is 2.21. The number of halogens is 2. The second kappa shape index (κ2) is 9.31. The monoisotopic (exact) mass is 498 g/mol. The smallest absolute Gasteiger partial charge is 0.413 e. The minimum Gasteiger partial charge on any atom is -0.441 e. The number of aromatic nitrogens is 4. The van der Waals surface area contributed by atoms with Gasteiger partial charge in [0.2, 0.25) is 10.0 Å². The van der Waals surface area contributed by atoms with Crippen LogP contribution in [0.25, 0.3) is 11.4 Å². The van der Waals surface area contributed by atoms with E-state index >= 15 is 0 Å². The lowest BCUT2D eigenvalue weighted by molar-refractivity contribution is 0.121. The van der Waals surface area contributed by atoms with E-state index in [9.17, 15) is 13.2 Å². The van der Waals surface area contributed by atoms with Crippen molar-refractivity contribution < 1.29 is 17.9 Å². The van der Waals surface area contributed by atoms with Gasteiger partial charge in [-0.25, -0.2) is 22.9 Å². The van der Waals surface area contributed by atoms with E-state index in [1.165, 1.54) is 4.68 Å². The van der Waals surface area contributed by atoms with Gasteiger partial charge in [0.25, 0.3) is 0 Å². The molecule has 0 bridgehead atoms. The summed E-state index contributed by atoms with van der Waals surface area (Å²) in [5, 5.41) is 11.5. The number of amides is 1. The molecule has 1 atom stereocenters. The van der Waals surface area contributed by atoms with Gasteiger partial charge in [-0.3, -0.25) is 10.0 Å². The van der Waals surface area contributed by atoms with E-state index in [0.717, 1.165) is 6.26 Å². The van der Waals surface area contributed by atoms with E-state index in [0.29, 0.717) is 32.7 Å². The van der Waals surface area contributed by atoms with E-state index in [4.69, 9.17) is 27.9 Å². The normalized spacial score (nSPS) is 12.3. The van der Waals surface area contributed by atoms with E-state index in [1.54, 1.807) is 51.2 Å². The summed E-state index contributed by atoms with van der Waals surface area (Å²) in [5.74, 6) is 0.245. The average molecular weight is 499 g/mol. The Morgan fingerprint density at radius 1 is 1.22 bits per heavy atom. The predicted octanol–water partition coefficient (Wildman–Crippen LogP) is 4.17. The standard InChI is InChI=1S/C19H20Cl2N6O4S/c1-10-15(25-32(4,29)30)7-8-16(22-10)17-18(27(3)26-24-17)23-19(28)31-11(2)13-9-12(20)5-6-14(13)21/h5-9,11,25H,1-4H3,(H,23,28)/t11-/m1/s1. The molecule has 0 fully saturated rings. The molecule has 0 aliphatic carbocycles. The summed E-state index contributed by atoms with van der Waals surface area (Å²) < 4.78 is 32.1. The number of nitrogens with zero attached hydrogens (tertiary/aromatic N) is 4. The van der Waals surface area contributed by atoms with E-state index in [2.05, 4.69) is 25.3 Å². The van der Waals surface area contributed by atoms with Gasteiger partial charge < -0.3 is 4.74 Å². The molecular weight excluding hydrogens is 479 g/mol. The Hall–Kier alpha value is -2.89. The Kier molecular flexibility index (Phi) is 6.91. The second-order valence-corrected chi connectivity index (χ2v) is 9.54. The molecule has 0 saturated carbocycles. The molecule has 170 valence electrons. The Morgan fingerprint density at radius 3 is 2.59 bits per heavy atom. The molecule has 2 heterocycles. The first-order valence-corrected chi connectivity index (χ1v) is 11.9. The van der Waals surface area contributed by atoms with Gasteiger partial charge in [0, 0.05) is 22.7 Å². The average Bonchev–Trinajstić information content (AvgIpc) is 3.04. The molecule has 3 rings (SSSR count). The first-order chi connectivity index (χ1) is 14.9. The summed E-state index contributed by atoms with van der Waals surface area (Å²) in [6, 6.07) is 8.00. The zero-order chi connectivity index (χ0) is 23.6. The van der Waals surface area contributed by atoms with Gasteiger partial charge in [0.15, 0.2) is 11.5 Å². The van der Waals surface area contributed by atoms with Crippen LogP contribution in [0.15, 0.2) is 30.3 Å². The molecule has 0 spiro atoms. The molecule has 10 nitrogen and oxygen atoms in total. The number of ether oxygens (including phenoxy) is 1. The van der Waals surface area contributed by atoms with Gasteiger partial charge in [-0.05, 0) is 44.2 Å². The zero-order valence-corrected chi connectivity index (χ0v) is 19.9. The van der Waals surface area contributed by atoms with Crippen molar-refractivity contribution in [2.24, 2.45) is 7.05 Å². The highest BCUT2D eigenvalue weighted by atomic mass is 35.5. The molecule has 0 aliphatic rings. The lowest BCUT2D eigenvalue weighted by Crippen LogP contribution is -2.18. The Balaban J connectivity index is 1.81. The molecular formula is C19H20Cl2N6O4S. The highest BCUT2D eigenvalue weighted by molar-refractivity contribution is 7.92. The summed E-state index contributed by atoms with van der Waals surface area (Å²) in [6.45, 7) is 3.31. The van der Waals surface area contributed by atoms with Crippen LogP contribution >= 0.6 is 23.2 Å². The Labute approximate surface area is 194 Å². The van der Waals surface area contributed by atoms with E-state index < -0.39 is 22.2 Å². The fraction of sp³-hybridized carbons (Fsp3) is 0.263. The van der Waals surface area contributed by atoms with Crippen LogP contribution in [-0.4, -0.2) is 40.7 Å². The second-order valence-electron chi connectivity index (χ2n) is 6.95. The molecule has 1 amide bonds. The van der Waals surface area contributed by atoms with E-state index in [-0.39, 0.29) is 11.5 Å². The number of anilines is 2. The quantitative estimate of drug-likeness (QED) is 0.521. The summed E-state index contributed by atoms with van der Waals surface area (Å²) in [7, 11) is -1.86. The van der Waals surface area contributed by atoms with Crippen LogP contribution in [0.1, 0.15) is 24.3 Å². The van der Waals surface area contributed by atoms with Crippen LogP contribution in [0.2, 0.25) is 10.0 Å². The minimum atomic E-state index is -3.45. The number of benzene rings is 1. The number of rotatable bonds is 6. The fourth-order valence-corrected chi connectivity index (χ4v) is 3.91. The topological polar surface area (TPSA) is 128 Å². The zero-order valence-electron chi connectivity index (χ0n) is 17.6. The maximum Gasteiger partial charge on any atom is 0.413 e. The molecule has 0 saturated heterocycles. The van der Waals surface area contributed by atoms with Crippen molar-refractivity contribution in [3.05, 3.63) is 51.6 Å². The first-order valence-electron chi connectivity index (χ1n) is 9.22. The number of carbonyl (C=O) groups is 1. The molecule has 13 heteroatoms. The first kappa shape index (κ1) is 23.8. The largest absolute Gasteiger partial charge is 0.441 e. The molecule has 32 heavy (non-hydrogen) atoms. The third-order valence-electron chi connectivity index (χ3n) is 4.35. The van der Waals surface area contributed by atoms with Gasteiger partial charge >= 0.3 is 6.09 Å². The molecule has 1 aromatic carbocycles. The van der Waals surface area contributed by atoms with Crippen LogP contribution in [0.3, 0.4) is 0 Å². The number of hydrogen-bond acceptors (Lipinski definition) is 7. The number of carbonyl (C=O) groups excluding carboxylic acids is 1. The molecule has 0 radical (unpaired) electrons. The van der Waals surface area contributed by atoms with Gasteiger partial charge in [0.1, 0.15) is 6.10 Å². The number of aryl methyl sites for hydroxylation is 2. The van der Waals surface area contributed by atoms with Gasteiger partial charge in [-0.2, -0.15) is 0 Å². The predicted molar refractivity (Wildman–Crippen MR) is 122 cm³/mol. The van der Waals surface area contributed by atoms with Crippen molar-refractivity contribution in [1.29, 1.82) is 0 Å². The lowest BCUT2D eigenvalue weighted by atomic mass is 10.1. The van der Waals surface area contributed by atoms with Crippen molar-refractivity contribution in [1.82, 2.24) is 20.0 Å². The Bertz CT molecular complexity index is 1280. The third-order valence-corrected chi connectivity index (χ3v) is 5.52. The minimum absolute atomic E-state index is 0.245. The summed E-state index contributed by atoms with van der Waals surface area (Å²) in [4.78, 5) is 16.9. The van der Waals surface area contributed by atoms with Crippen molar-refractivity contribution in [3.63, 3.8) is 0 Å². The van der Waals surface area contributed by atoms with Crippen molar-refractivity contribution >= 4 is 50.8 Å². The fourth-order valence-electron chi connectivity index (χ4n) is 2.85. The lowest BCUT2D eigenvalue weighted by Gasteiger charge is -2.16. The number of hydrogen-bond donors (Lipinski definition) is 2. The van der Waals surface area contributed by atoms with Crippen molar-refractivity contribution in [2.75, 3.05) is 16.3 Å². The van der Waals surface area contributed by atoms with Crippen LogP contribution in [-0.2, 0) is 21.8 Å². The van der Waals surface area contributed by atoms with Crippen LogP contribution in [0.5, 0.6) is 0 Å². The highest BCUT2D eigenvalue weighted by Crippen LogP contribution is 2.30. The summed E-state index contributed by atoms with van der Waals surface area (Å²) in [5.41, 5.74) is 1.99. The number of nitrogens with one attached hydrogen (secondary N) is 2. The molecule has 0 unspecified atom stereocenters. The van der Waals surface area contributed by atoms with Crippen LogP contribution < -0.4 is 10.0 Å². The molecule has 3 aromatic rings. The maximum atomic E-state index is 12.5. The SMILES string of the molecule is Cc1nc(-c2nnn(C)c2NC(=O)O[C@H](C)c2cc(Cl)ccc2Cl)ccc1NS(C)(=O)=O. The summed E-state index contributed by atoms with van der Waals surface area (Å²) in [6.07, 6.45) is -0.381. The molecule has 2 N–H and O–H groups in total. The number of pyridine rings is 1. The van der Waals surface area contributed by atoms with Crippen LogP contribution in [0.4, 0.5) is 16.3 Å². The molecule has 2 aromatic heterocycles. The van der Waals surface area contributed by atoms with Crippen molar-refractivity contribution in [2.45, 2.75) is 20.0 Å². The Morgan fingerprint density at radius 2 is 1.94 bits per heavy atom. The maximum absolute atomic E-state index is 12.5. The van der Waals surface area contributed by atoms with Crippen LogP contribution in [0, 0.1) is 6.92 Å². The molecule has 0 aliphatic heterocycles. The van der Waals surface area contributed by atoms with Gasteiger partial charge in [-0.15, -0.1) is 5.10 Å².